The highest BCUT2D eigenvalue weighted by molar-refractivity contribution is 5.59. The molecule has 1 atom stereocenters. The van der Waals surface area contributed by atoms with Gasteiger partial charge in [-0.1, -0.05) is 108 Å². The number of hydrogen-bond donors (Lipinski definition) is 0. The third kappa shape index (κ3) is 4.47. The Kier molecular flexibility index (Phi) is 5.83. The summed E-state index contributed by atoms with van der Waals surface area (Å²) < 4.78 is 0. The van der Waals surface area contributed by atoms with Crippen LogP contribution < -0.4 is 0 Å². The summed E-state index contributed by atoms with van der Waals surface area (Å²) in [4.78, 5) is 0. The van der Waals surface area contributed by atoms with Crippen LogP contribution in [-0.4, -0.2) is 0 Å². The van der Waals surface area contributed by atoms with Crippen LogP contribution in [-0.2, 0) is 0 Å². The molecule has 0 heterocycles. The molecule has 0 aliphatic heterocycles. The van der Waals surface area contributed by atoms with Crippen LogP contribution in [0.25, 0.3) is 6.08 Å². The summed E-state index contributed by atoms with van der Waals surface area (Å²) in [7, 11) is 0. The Morgan fingerprint density at radius 3 is 2.29 bits per heavy atom. The van der Waals surface area contributed by atoms with E-state index < -0.39 is 0 Å². The Morgan fingerprint density at radius 1 is 1.04 bits per heavy atom. The van der Waals surface area contributed by atoms with Gasteiger partial charge in [0.05, 0.1) is 0 Å². The lowest BCUT2D eigenvalue weighted by molar-refractivity contribution is 0.383. The molecule has 0 fully saturated rings. The molecule has 2 rings (SSSR count). The highest BCUT2D eigenvalue weighted by Crippen LogP contribution is 2.33. The molecule has 1 aliphatic carbocycles. The molecule has 0 radical (unpaired) electrons. The third-order valence-corrected chi connectivity index (χ3v) is 5.05. The first-order valence-corrected chi connectivity index (χ1v) is 8.88. The van der Waals surface area contributed by atoms with Gasteiger partial charge in [0.15, 0.2) is 0 Å². The summed E-state index contributed by atoms with van der Waals surface area (Å²) in [5.74, 6) is 1.14. The molecule has 0 amide bonds. The van der Waals surface area contributed by atoms with Crippen molar-refractivity contribution >= 4 is 6.08 Å². The van der Waals surface area contributed by atoms with E-state index in [9.17, 15) is 0 Å². The van der Waals surface area contributed by atoms with E-state index in [1.165, 1.54) is 16.7 Å². The predicted octanol–water partition coefficient (Wildman–Crippen LogP) is 7.09. The quantitative estimate of drug-likeness (QED) is 0.508. The molecular weight excluding hydrogens is 288 g/mol. The minimum Gasteiger partial charge on any atom is -0.0912 e. The van der Waals surface area contributed by atoms with E-state index >= 15 is 0 Å². The van der Waals surface area contributed by atoms with E-state index in [0.717, 1.165) is 5.57 Å². The van der Waals surface area contributed by atoms with Crippen LogP contribution in [0.3, 0.4) is 0 Å². The maximum absolute atomic E-state index is 4.23. The number of hydrogen-bond acceptors (Lipinski definition) is 0. The van der Waals surface area contributed by atoms with Gasteiger partial charge in [-0.25, -0.2) is 0 Å². The third-order valence-electron chi connectivity index (χ3n) is 5.05. The summed E-state index contributed by atoms with van der Waals surface area (Å²) in [5, 5.41) is 0. The molecule has 1 unspecified atom stereocenters. The Hall–Kier alpha value is -2.08. The summed E-state index contributed by atoms with van der Waals surface area (Å²) in [6, 6.07) is 8.75. The predicted molar refractivity (Wildman–Crippen MR) is 108 cm³/mol. The van der Waals surface area contributed by atoms with Crippen molar-refractivity contribution in [3.05, 3.63) is 89.6 Å². The fourth-order valence-electron chi connectivity index (χ4n) is 2.62. The van der Waals surface area contributed by atoms with Crippen LogP contribution in [0.5, 0.6) is 0 Å². The minimum absolute atomic E-state index is 0.106. The lowest BCUT2D eigenvalue weighted by atomic mass is 9.79. The highest BCUT2D eigenvalue weighted by Gasteiger charge is 2.22. The zero-order chi connectivity index (χ0) is 17.7. The van der Waals surface area contributed by atoms with Crippen LogP contribution in [0.2, 0.25) is 0 Å². The van der Waals surface area contributed by atoms with Crippen molar-refractivity contribution in [3.8, 4) is 0 Å². The Balaban J connectivity index is 2.10. The van der Waals surface area contributed by atoms with Crippen LogP contribution >= 0.6 is 0 Å². The maximum atomic E-state index is 4.23. The highest BCUT2D eigenvalue weighted by atomic mass is 14.3. The fourth-order valence-corrected chi connectivity index (χ4v) is 2.62. The second-order valence-corrected chi connectivity index (χ2v) is 7.52. The summed E-state index contributed by atoms with van der Waals surface area (Å²) in [6.45, 7) is 15.5. The van der Waals surface area contributed by atoms with Crippen molar-refractivity contribution in [1.29, 1.82) is 0 Å². The van der Waals surface area contributed by atoms with Gasteiger partial charge in [-0.05, 0) is 34.1 Å². The molecule has 126 valence electrons. The number of rotatable bonds is 5. The fraction of sp³-hybridized carbons (Fsp3) is 0.333. The Morgan fingerprint density at radius 2 is 1.71 bits per heavy atom. The van der Waals surface area contributed by atoms with Crippen molar-refractivity contribution in [3.63, 3.8) is 0 Å². The molecule has 0 saturated carbocycles. The lowest BCUT2D eigenvalue weighted by Gasteiger charge is -2.26. The van der Waals surface area contributed by atoms with Crippen molar-refractivity contribution in [2.24, 2.45) is 11.3 Å². The average molecular weight is 319 g/mol. The SMILES string of the molecule is C=C(/C=C/c1ccc(C(C)C)cc1)C1=CC=CC(C)(C(C)C)C=C1. The van der Waals surface area contributed by atoms with E-state index in [4.69, 9.17) is 0 Å². The van der Waals surface area contributed by atoms with Crippen LogP contribution in [0.15, 0.2) is 78.4 Å². The average Bonchev–Trinajstić information content (AvgIpc) is 2.76. The molecular formula is C24H30. The number of allylic oxidation sites excluding steroid dienone is 8. The standard InChI is InChI=1S/C24H30/c1-18(2)22-13-11-21(12-14-22)10-9-20(5)23-8-7-16-24(6,17-15-23)19(3)4/h7-19H,5H2,1-4,6H3/b10-9+. The second-order valence-electron chi connectivity index (χ2n) is 7.52. The summed E-state index contributed by atoms with van der Waals surface area (Å²) >= 11 is 0. The van der Waals surface area contributed by atoms with Gasteiger partial charge in [-0.15, -0.1) is 0 Å². The molecule has 0 spiro atoms. The van der Waals surface area contributed by atoms with E-state index in [-0.39, 0.29) is 5.41 Å². The van der Waals surface area contributed by atoms with E-state index in [1.807, 2.05) is 0 Å². The van der Waals surface area contributed by atoms with Gasteiger partial charge in [0.1, 0.15) is 0 Å². The molecule has 0 N–H and O–H groups in total. The zero-order valence-corrected chi connectivity index (χ0v) is 15.7. The monoisotopic (exact) mass is 318 g/mol. The Bertz CT molecular complexity index is 690. The molecule has 1 aromatic rings. The largest absolute Gasteiger partial charge is 0.0912 e. The summed E-state index contributed by atoms with van der Waals surface area (Å²) in [6.07, 6.45) is 15.3. The molecule has 1 aliphatic rings. The van der Waals surface area contributed by atoms with Crippen molar-refractivity contribution < 1.29 is 0 Å². The first kappa shape index (κ1) is 18.3. The van der Waals surface area contributed by atoms with E-state index in [1.54, 1.807) is 0 Å². The van der Waals surface area contributed by atoms with Gasteiger partial charge in [-0.2, -0.15) is 0 Å². The van der Waals surface area contributed by atoms with E-state index in [2.05, 4.69) is 108 Å². The van der Waals surface area contributed by atoms with Crippen LogP contribution in [0.4, 0.5) is 0 Å². The van der Waals surface area contributed by atoms with Crippen LogP contribution in [0, 0.1) is 11.3 Å². The number of benzene rings is 1. The van der Waals surface area contributed by atoms with Gasteiger partial charge in [-0.3, -0.25) is 0 Å². The molecule has 0 saturated heterocycles. The normalized spacial score (nSPS) is 20.7. The molecule has 0 nitrogen and oxygen atoms in total. The van der Waals surface area contributed by atoms with Gasteiger partial charge in [0.25, 0.3) is 0 Å². The molecule has 24 heavy (non-hydrogen) atoms. The smallest absolute Gasteiger partial charge is 0.00620 e. The second kappa shape index (κ2) is 7.66. The minimum atomic E-state index is 0.106. The Labute approximate surface area is 148 Å². The maximum Gasteiger partial charge on any atom is 0.00620 e. The van der Waals surface area contributed by atoms with Crippen molar-refractivity contribution in [2.45, 2.75) is 40.5 Å². The van der Waals surface area contributed by atoms with E-state index in [0.29, 0.717) is 11.8 Å². The lowest BCUT2D eigenvalue weighted by Crippen LogP contribution is -2.17. The van der Waals surface area contributed by atoms with Gasteiger partial charge in [0, 0.05) is 5.41 Å². The molecule has 1 aromatic carbocycles. The van der Waals surface area contributed by atoms with Gasteiger partial charge < -0.3 is 0 Å². The zero-order valence-electron chi connectivity index (χ0n) is 15.7. The first-order chi connectivity index (χ1) is 11.3. The first-order valence-electron chi connectivity index (χ1n) is 8.88. The molecule has 0 aromatic heterocycles. The van der Waals surface area contributed by atoms with Crippen LogP contribution in [0.1, 0.15) is 51.7 Å². The molecule has 0 heteroatoms. The molecule has 0 bridgehead atoms. The summed E-state index contributed by atoms with van der Waals surface area (Å²) in [5.41, 5.74) is 4.90. The van der Waals surface area contributed by atoms with Crippen molar-refractivity contribution in [1.82, 2.24) is 0 Å². The topological polar surface area (TPSA) is 0 Å². The van der Waals surface area contributed by atoms with Gasteiger partial charge in [0.2, 0.25) is 0 Å². The van der Waals surface area contributed by atoms with Crippen molar-refractivity contribution in [2.75, 3.05) is 0 Å². The van der Waals surface area contributed by atoms with Gasteiger partial charge >= 0.3 is 0 Å².